The van der Waals surface area contributed by atoms with Crippen LogP contribution in [0.2, 0.25) is 0 Å². The third-order valence-electron chi connectivity index (χ3n) is 5.83. The van der Waals surface area contributed by atoms with Gasteiger partial charge in [-0.1, -0.05) is 19.3 Å². The van der Waals surface area contributed by atoms with Crippen LogP contribution in [-0.4, -0.2) is 54.1 Å². The molecule has 2 saturated heterocycles. The summed E-state index contributed by atoms with van der Waals surface area (Å²) in [5.74, 6) is 0.756. The van der Waals surface area contributed by atoms with Crippen molar-refractivity contribution in [3.05, 3.63) is 0 Å². The van der Waals surface area contributed by atoms with Crippen molar-refractivity contribution in [1.82, 2.24) is 9.80 Å². The summed E-state index contributed by atoms with van der Waals surface area (Å²) in [4.78, 5) is 5.59. The first kappa shape index (κ1) is 13.8. The molecule has 3 heteroatoms. The monoisotopic (exact) mass is 265 g/mol. The number of fused-ring (bicyclic) bond motifs is 1. The Bertz CT molecular complexity index is 294. The molecule has 0 aromatic carbocycles. The van der Waals surface area contributed by atoms with Crippen molar-refractivity contribution in [3.63, 3.8) is 0 Å². The smallest absolute Gasteiger partial charge is 0.0224 e. The standard InChI is InChI=1S/C16H31N3/c1-13-11-18-9-5-4-7-15(18)12-19(13)16-8-3-2-6-14(16)10-17/h13-16H,2-12,17H2,1H3. The molecular formula is C16H31N3. The quantitative estimate of drug-likeness (QED) is 0.829. The van der Waals surface area contributed by atoms with Gasteiger partial charge in [-0.3, -0.25) is 9.80 Å². The van der Waals surface area contributed by atoms with E-state index in [0.29, 0.717) is 0 Å². The van der Waals surface area contributed by atoms with Crippen LogP contribution in [0.5, 0.6) is 0 Å². The second-order valence-corrected chi connectivity index (χ2v) is 7.04. The summed E-state index contributed by atoms with van der Waals surface area (Å²) in [7, 11) is 0. The van der Waals surface area contributed by atoms with Gasteiger partial charge >= 0.3 is 0 Å². The maximum Gasteiger partial charge on any atom is 0.0224 e. The summed E-state index contributed by atoms with van der Waals surface area (Å²) in [6.45, 7) is 7.27. The predicted molar refractivity (Wildman–Crippen MR) is 80.2 cm³/mol. The van der Waals surface area contributed by atoms with Crippen LogP contribution in [0, 0.1) is 5.92 Å². The van der Waals surface area contributed by atoms with Gasteiger partial charge in [-0.2, -0.15) is 0 Å². The highest BCUT2D eigenvalue weighted by Crippen LogP contribution is 2.33. The molecule has 1 aliphatic carbocycles. The molecule has 0 aromatic rings. The zero-order valence-electron chi connectivity index (χ0n) is 12.6. The summed E-state index contributed by atoms with van der Waals surface area (Å²) >= 11 is 0. The van der Waals surface area contributed by atoms with Crippen molar-refractivity contribution >= 4 is 0 Å². The van der Waals surface area contributed by atoms with E-state index in [2.05, 4.69) is 16.7 Å². The molecule has 1 saturated carbocycles. The molecule has 110 valence electrons. The molecule has 0 amide bonds. The van der Waals surface area contributed by atoms with Crippen LogP contribution in [0.25, 0.3) is 0 Å². The van der Waals surface area contributed by atoms with Gasteiger partial charge in [-0.25, -0.2) is 0 Å². The van der Waals surface area contributed by atoms with Gasteiger partial charge in [0.1, 0.15) is 0 Å². The second-order valence-electron chi connectivity index (χ2n) is 7.04. The number of piperidine rings is 1. The van der Waals surface area contributed by atoms with Gasteiger partial charge in [-0.15, -0.1) is 0 Å². The highest BCUT2D eigenvalue weighted by Gasteiger charge is 2.38. The van der Waals surface area contributed by atoms with E-state index >= 15 is 0 Å². The maximum absolute atomic E-state index is 6.04. The molecule has 0 spiro atoms. The predicted octanol–water partition coefficient (Wildman–Crippen LogP) is 2.06. The average Bonchev–Trinajstić information content (AvgIpc) is 2.46. The van der Waals surface area contributed by atoms with Crippen molar-refractivity contribution in [2.24, 2.45) is 11.7 Å². The summed E-state index contributed by atoms with van der Waals surface area (Å²) in [6, 6.07) is 2.34. The average molecular weight is 265 g/mol. The van der Waals surface area contributed by atoms with Gasteiger partial charge in [0.25, 0.3) is 0 Å². The number of piperazine rings is 1. The fraction of sp³-hybridized carbons (Fsp3) is 1.00. The molecular weight excluding hydrogens is 234 g/mol. The van der Waals surface area contributed by atoms with Gasteiger partial charge in [-0.05, 0) is 51.6 Å². The van der Waals surface area contributed by atoms with Crippen LogP contribution >= 0.6 is 0 Å². The van der Waals surface area contributed by atoms with E-state index in [1.807, 2.05) is 0 Å². The fourth-order valence-corrected chi connectivity index (χ4v) is 4.74. The molecule has 2 heterocycles. The fourth-order valence-electron chi connectivity index (χ4n) is 4.74. The van der Waals surface area contributed by atoms with Crippen LogP contribution in [-0.2, 0) is 0 Å². The van der Waals surface area contributed by atoms with Gasteiger partial charge in [0.2, 0.25) is 0 Å². The van der Waals surface area contributed by atoms with Crippen LogP contribution in [0.4, 0.5) is 0 Å². The molecule has 0 aromatic heterocycles. The Morgan fingerprint density at radius 2 is 1.79 bits per heavy atom. The maximum atomic E-state index is 6.04. The molecule has 0 radical (unpaired) electrons. The van der Waals surface area contributed by atoms with Crippen molar-refractivity contribution < 1.29 is 0 Å². The van der Waals surface area contributed by atoms with E-state index in [1.165, 1.54) is 64.6 Å². The Labute approximate surface area is 118 Å². The first-order valence-corrected chi connectivity index (χ1v) is 8.49. The van der Waals surface area contributed by atoms with Crippen molar-refractivity contribution in [3.8, 4) is 0 Å². The summed E-state index contributed by atoms with van der Waals surface area (Å²) in [6.07, 6.45) is 9.84. The number of hydrogen-bond acceptors (Lipinski definition) is 3. The highest BCUT2D eigenvalue weighted by molar-refractivity contribution is 4.94. The number of rotatable bonds is 2. The molecule has 0 bridgehead atoms. The Morgan fingerprint density at radius 1 is 1.00 bits per heavy atom. The lowest BCUT2D eigenvalue weighted by molar-refractivity contribution is -0.0301. The summed E-state index contributed by atoms with van der Waals surface area (Å²) in [5.41, 5.74) is 6.04. The van der Waals surface area contributed by atoms with E-state index < -0.39 is 0 Å². The van der Waals surface area contributed by atoms with Gasteiger partial charge in [0.15, 0.2) is 0 Å². The Balaban J connectivity index is 1.68. The van der Waals surface area contributed by atoms with E-state index in [4.69, 9.17) is 5.73 Å². The molecule has 4 atom stereocenters. The van der Waals surface area contributed by atoms with Crippen LogP contribution in [0.3, 0.4) is 0 Å². The number of hydrogen-bond donors (Lipinski definition) is 1. The Morgan fingerprint density at radius 3 is 2.63 bits per heavy atom. The molecule has 3 fully saturated rings. The number of nitrogens with zero attached hydrogens (tertiary/aromatic N) is 2. The molecule has 4 unspecified atom stereocenters. The lowest BCUT2D eigenvalue weighted by Gasteiger charge is -2.52. The number of nitrogens with two attached hydrogens (primary N) is 1. The third-order valence-corrected chi connectivity index (χ3v) is 5.83. The molecule has 19 heavy (non-hydrogen) atoms. The zero-order chi connectivity index (χ0) is 13.2. The van der Waals surface area contributed by atoms with Gasteiger partial charge in [0, 0.05) is 31.2 Å². The van der Waals surface area contributed by atoms with Crippen LogP contribution < -0.4 is 5.73 Å². The van der Waals surface area contributed by atoms with Gasteiger partial charge < -0.3 is 5.73 Å². The van der Waals surface area contributed by atoms with E-state index in [-0.39, 0.29) is 0 Å². The van der Waals surface area contributed by atoms with E-state index in [9.17, 15) is 0 Å². The molecule has 2 N–H and O–H groups in total. The Kier molecular flexibility index (Phi) is 4.45. The highest BCUT2D eigenvalue weighted by atomic mass is 15.3. The lowest BCUT2D eigenvalue weighted by atomic mass is 9.82. The van der Waals surface area contributed by atoms with Gasteiger partial charge in [0.05, 0.1) is 0 Å². The van der Waals surface area contributed by atoms with Crippen molar-refractivity contribution in [2.75, 3.05) is 26.2 Å². The first-order valence-electron chi connectivity index (χ1n) is 8.49. The van der Waals surface area contributed by atoms with Crippen LogP contribution in [0.15, 0.2) is 0 Å². The topological polar surface area (TPSA) is 32.5 Å². The van der Waals surface area contributed by atoms with E-state index in [1.54, 1.807) is 0 Å². The third kappa shape index (κ3) is 2.84. The molecule has 2 aliphatic heterocycles. The Hall–Kier alpha value is -0.120. The minimum atomic E-state index is 0.728. The SMILES string of the molecule is CC1CN2CCCCC2CN1C1CCCCC1CN. The zero-order valence-corrected chi connectivity index (χ0v) is 12.6. The molecule has 3 nitrogen and oxygen atoms in total. The first-order chi connectivity index (χ1) is 9.29. The summed E-state index contributed by atoms with van der Waals surface area (Å²) in [5, 5.41) is 0. The van der Waals surface area contributed by atoms with Crippen LogP contribution in [0.1, 0.15) is 51.9 Å². The van der Waals surface area contributed by atoms with E-state index in [0.717, 1.165) is 30.6 Å². The minimum Gasteiger partial charge on any atom is -0.330 e. The van der Waals surface area contributed by atoms with Crippen molar-refractivity contribution in [1.29, 1.82) is 0 Å². The second kappa shape index (κ2) is 6.11. The summed E-state index contributed by atoms with van der Waals surface area (Å²) < 4.78 is 0. The largest absolute Gasteiger partial charge is 0.330 e. The lowest BCUT2D eigenvalue weighted by Crippen LogP contribution is -2.62. The minimum absolute atomic E-state index is 0.728. The normalized spacial score (nSPS) is 42.0. The molecule has 3 rings (SSSR count). The van der Waals surface area contributed by atoms with Crippen molar-refractivity contribution in [2.45, 2.75) is 70.0 Å². The molecule has 3 aliphatic rings.